The highest BCUT2D eigenvalue weighted by Gasteiger charge is 2.12. The predicted octanol–water partition coefficient (Wildman–Crippen LogP) is 0.747. The lowest BCUT2D eigenvalue weighted by Crippen LogP contribution is -2.21. The van der Waals surface area contributed by atoms with Crippen molar-refractivity contribution in [3.8, 4) is 0 Å². The van der Waals surface area contributed by atoms with Crippen LogP contribution in [-0.4, -0.2) is 25.2 Å². The van der Waals surface area contributed by atoms with Crippen LogP contribution in [0.25, 0.3) is 0 Å². The van der Waals surface area contributed by atoms with E-state index in [4.69, 9.17) is 0 Å². The first-order valence-corrected chi connectivity index (χ1v) is 2.83. The summed E-state index contributed by atoms with van der Waals surface area (Å²) in [5, 5.41) is 0. The maximum absolute atomic E-state index is 10.5. The Labute approximate surface area is 59.1 Å². The number of methoxy groups -OCH3 is 1. The molecular formula is C6H10O4. The van der Waals surface area contributed by atoms with E-state index in [0.29, 0.717) is 0 Å². The van der Waals surface area contributed by atoms with Crippen LogP contribution in [0.2, 0.25) is 0 Å². The van der Waals surface area contributed by atoms with Crippen LogP contribution in [0.15, 0.2) is 0 Å². The molecule has 0 aromatic heterocycles. The molecule has 0 saturated carbocycles. The van der Waals surface area contributed by atoms with E-state index < -0.39 is 12.3 Å². The molecule has 0 radical (unpaired) electrons. The molecule has 0 aliphatic carbocycles. The van der Waals surface area contributed by atoms with Crippen molar-refractivity contribution in [1.82, 2.24) is 0 Å². The lowest BCUT2D eigenvalue weighted by Gasteiger charge is -2.06. The summed E-state index contributed by atoms with van der Waals surface area (Å²) in [7, 11) is 1.19. The van der Waals surface area contributed by atoms with E-state index in [0.717, 1.165) is 0 Å². The lowest BCUT2D eigenvalue weighted by molar-refractivity contribution is -0.125. The number of hydrogen-bond donors (Lipinski definition) is 0. The van der Waals surface area contributed by atoms with Crippen LogP contribution in [-0.2, 0) is 14.3 Å². The molecule has 0 fully saturated rings. The predicted molar refractivity (Wildman–Crippen MR) is 33.6 cm³/mol. The third-order valence-electron chi connectivity index (χ3n) is 1.01. The number of ketones is 1. The van der Waals surface area contributed by atoms with Gasteiger partial charge in [-0.25, -0.2) is 4.79 Å². The summed E-state index contributed by atoms with van der Waals surface area (Å²) in [6.45, 7) is 2.83. The van der Waals surface area contributed by atoms with Crippen molar-refractivity contribution in [2.24, 2.45) is 0 Å². The highest BCUT2D eigenvalue weighted by atomic mass is 16.7. The van der Waals surface area contributed by atoms with E-state index in [1.54, 1.807) is 0 Å². The lowest BCUT2D eigenvalue weighted by atomic mass is 10.3. The zero-order chi connectivity index (χ0) is 8.15. The minimum absolute atomic E-state index is 0.203. The van der Waals surface area contributed by atoms with Crippen LogP contribution in [0, 0.1) is 0 Å². The Morgan fingerprint density at radius 3 is 2.20 bits per heavy atom. The molecule has 58 valence electrons. The molecule has 10 heavy (non-hydrogen) atoms. The number of Topliss-reactive ketones (excluding diaryl/α,β-unsaturated/α-hetero) is 1. The standard InChI is InChI=1S/C6H10O4/c1-4(7)5(2)10-6(8)9-3/h5H,1-3H3. The van der Waals surface area contributed by atoms with Gasteiger partial charge in [-0.05, 0) is 13.8 Å². The summed E-state index contributed by atoms with van der Waals surface area (Å²) in [4.78, 5) is 20.8. The normalized spacial score (nSPS) is 11.9. The quantitative estimate of drug-likeness (QED) is 0.539. The topological polar surface area (TPSA) is 52.6 Å². The van der Waals surface area contributed by atoms with Crippen LogP contribution in [0.4, 0.5) is 4.79 Å². The first-order valence-electron chi connectivity index (χ1n) is 2.83. The van der Waals surface area contributed by atoms with Gasteiger partial charge in [0.2, 0.25) is 0 Å². The van der Waals surface area contributed by atoms with Crippen molar-refractivity contribution in [2.45, 2.75) is 20.0 Å². The molecule has 0 spiro atoms. The van der Waals surface area contributed by atoms with Gasteiger partial charge < -0.3 is 9.47 Å². The van der Waals surface area contributed by atoms with Crippen LogP contribution >= 0.6 is 0 Å². The first-order chi connectivity index (χ1) is 4.57. The number of carbonyl (C=O) groups is 2. The summed E-state index contributed by atoms with van der Waals surface area (Å²) in [6, 6.07) is 0. The van der Waals surface area contributed by atoms with Crippen molar-refractivity contribution in [3.05, 3.63) is 0 Å². The van der Waals surface area contributed by atoms with Gasteiger partial charge >= 0.3 is 6.16 Å². The zero-order valence-corrected chi connectivity index (χ0v) is 6.21. The summed E-state index contributed by atoms with van der Waals surface area (Å²) in [6.07, 6.45) is -1.55. The van der Waals surface area contributed by atoms with Gasteiger partial charge in [0.05, 0.1) is 7.11 Å². The van der Waals surface area contributed by atoms with Crippen molar-refractivity contribution in [3.63, 3.8) is 0 Å². The maximum atomic E-state index is 10.5. The van der Waals surface area contributed by atoms with E-state index >= 15 is 0 Å². The molecule has 0 N–H and O–H groups in total. The Hall–Kier alpha value is -1.06. The second-order valence-corrected chi connectivity index (χ2v) is 1.82. The molecule has 0 aromatic carbocycles. The summed E-state index contributed by atoms with van der Waals surface area (Å²) >= 11 is 0. The molecule has 0 bridgehead atoms. The van der Waals surface area contributed by atoms with Gasteiger partial charge in [-0.15, -0.1) is 0 Å². The maximum Gasteiger partial charge on any atom is 0.508 e. The van der Waals surface area contributed by atoms with Crippen molar-refractivity contribution < 1.29 is 19.1 Å². The Morgan fingerprint density at radius 1 is 1.40 bits per heavy atom. The Bertz CT molecular complexity index is 141. The highest BCUT2D eigenvalue weighted by molar-refractivity contribution is 5.81. The van der Waals surface area contributed by atoms with Crippen LogP contribution in [0.5, 0.6) is 0 Å². The van der Waals surface area contributed by atoms with Gasteiger partial charge in [0.1, 0.15) is 0 Å². The minimum Gasteiger partial charge on any atom is -0.438 e. The van der Waals surface area contributed by atoms with E-state index in [1.807, 2.05) is 0 Å². The highest BCUT2D eigenvalue weighted by Crippen LogP contribution is 1.93. The largest absolute Gasteiger partial charge is 0.508 e. The summed E-state index contributed by atoms with van der Waals surface area (Å²) in [5.41, 5.74) is 0. The van der Waals surface area contributed by atoms with E-state index in [9.17, 15) is 9.59 Å². The second-order valence-electron chi connectivity index (χ2n) is 1.82. The van der Waals surface area contributed by atoms with E-state index in [2.05, 4.69) is 9.47 Å². The Morgan fingerprint density at radius 2 is 1.90 bits per heavy atom. The van der Waals surface area contributed by atoms with Crippen LogP contribution in [0.3, 0.4) is 0 Å². The van der Waals surface area contributed by atoms with Crippen molar-refractivity contribution in [2.75, 3.05) is 7.11 Å². The molecule has 4 heteroatoms. The molecule has 0 saturated heterocycles. The first kappa shape index (κ1) is 8.94. The molecule has 1 unspecified atom stereocenters. The van der Waals surface area contributed by atoms with E-state index in [-0.39, 0.29) is 5.78 Å². The zero-order valence-electron chi connectivity index (χ0n) is 6.21. The van der Waals surface area contributed by atoms with Gasteiger partial charge in [-0.2, -0.15) is 0 Å². The Balaban J connectivity index is 3.68. The van der Waals surface area contributed by atoms with Crippen molar-refractivity contribution >= 4 is 11.9 Å². The molecule has 0 aliphatic heterocycles. The fraction of sp³-hybridized carbons (Fsp3) is 0.667. The van der Waals surface area contributed by atoms with Gasteiger partial charge in [-0.3, -0.25) is 4.79 Å². The Kier molecular flexibility index (Phi) is 3.46. The molecule has 0 aromatic rings. The van der Waals surface area contributed by atoms with Crippen molar-refractivity contribution in [1.29, 1.82) is 0 Å². The third kappa shape index (κ3) is 3.06. The average molecular weight is 146 g/mol. The van der Waals surface area contributed by atoms with Gasteiger partial charge in [0.25, 0.3) is 0 Å². The number of carbonyl (C=O) groups excluding carboxylic acids is 2. The number of ether oxygens (including phenoxy) is 2. The van der Waals surface area contributed by atoms with Gasteiger partial charge in [0.15, 0.2) is 11.9 Å². The molecule has 4 nitrogen and oxygen atoms in total. The molecule has 0 amide bonds. The van der Waals surface area contributed by atoms with Crippen LogP contribution < -0.4 is 0 Å². The smallest absolute Gasteiger partial charge is 0.438 e. The SMILES string of the molecule is COC(=O)OC(C)C(C)=O. The number of rotatable bonds is 2. The number of hydrogen-bond acceptors (Lipinski definition) is 4. The third-order valence-corrected chi connectivity index (χ3v) is 1.01. The van der Waals surface area contributed by atoms with E-state index in [1.165, 1.54) is 21.0 Å². The summed E-state index contributed by atoms with van der Waals surface area (Å²) in [5.74, 6) is -0.203. The summed E-state index contributed by atoms with van der Waals surface area (Å²) < 4.78 is 8.61. The minimum atomic E-state index is -0.831. The van der Waals surface area contributed by atoms with Gasteiger partial charge in [-0.1, -0.05) is 0 Å². The fourth-order valence-electron chi connectivity index (χ4n) is 0.275. The molecular weight excluding hydrogens is 136 g/mol. The molecule has 0 aliphatic rings. The van der Waals surface area contributed by atoms with Crippen LogP contribution in [0.1, 0.15) is 13.8 Å². The second kappa shape index (κ2) is 3.87. The monoisotopic (exact) mass is 146 g/mol. The molecule has 0 heterocycles. The van der Waals surface area contributed by atoms with Gasteiger partial charge in [0, 0.05) is 0 Å². The average Bonchev–Trinajstić information content (AvgIpc) is 1.87. The fourth-order valence-corrected chi connectivity index (χ4v) is 0.275. The molecule has 1 atom stereocenters. The molecule has 0 rings (SSSR count).